The molecule has 1 amide bonds. The van der Waals surface area contributed by atoms with Crippen LogP contribution in [0.25, 0.3) is 0 Å². The molecule has 1 fully saturated rings. The van der Waals surface area contributed by atoms with E-state index >= 15 is 0 Å². The van der Waals surface area contributed by atoms with E-state index in [0.717, 1.165) is 25.8 Å². The molecule has 1 heterocycles. The van der Waals surface area contributed by atoms with E-state index in [1.165, 1.54) is 6.42 Å². The summed E-state index contributed by atoms with van der Waals surface area (Å²) in [5, 5.41) is 4.09. The topological polar surface area (TPSA) is 32.3 Å². The molecule has 0 spiro atoms. The third-order valence-electron chi connectivity index (χ3n) is 3.76. The number of likely N-dealkylation sites (tertiary alicyclic amines) is 1. The molecule has 0 aromatic heterocycles. The Kier molecular flexibility index (Phi) is 5.85. The van der Waals surface area contributed by atoms with Crippen LogP contribution >= 0.6 is 35.4 Å². The number of nitrogens with zero attached hydrogens (tertiary/aromatic N) is 1. The highest BCUT2D eigenvalue weighted by atomic mass is 35.5. The van der Waals surface area contributed by atoms with Gasteiger partial charge in [0.1, 0.15) is 0 Å². The monoisotopic (exact) mass is 344 g/mol. The van der Waals surface area contributed by atoms with Crippen molar-refractivity contribution in [2.75, 3.05) is 6.54 Å². The minimum absolute atomic E-state index is 0.290. The maximum Gasteiger partial charge on any atom is 0.258 e. The van der Waals surface area contributed by atoms with Crippen LogP contribution in [-0.4, -0.2) is 28.5 Å². The summed E-state index contributed by atoms with van der Waals surface area (Å²) in [6, 6.07) is 5.21. The molecular weight excluding hydrogens is 327 g/mol. The molecule has 0 radical (unpaired) electrons. The number of hydrogen-bond donors (Lipinski definition) is 1. The van der Waals surface area contributed by atoms with Crippen molar-refractivity contribution in [2.24, 2.45) is 0 Å². The molecule has 1 N–H and O–H groups in total. The molecule has 114 valence electrons. The van der Waals surface area contributed by atoms with Crippen LogP contribution in [0.3, 0.4) is 0 Å². The van der Waals surface area contributed by atoms with Gasteiger partial charge in [0.05, 0.1) is 10.6 Å². The second-order valence-corrected chi connectivity index (χ2v) is 6.37. The van der Waals surface area contributed by atoms with Crippen molar-refractivity contribution in [2.45, 2.75) is 38.6 Å². The lowest BCUT2D eigenvalue weighted by Crippen LogP contribution is -2.49. The fourth-order valence-corrected chi connectivity index (χ4v) is 3.43. The fraction of sp³-hybridized carbons (Fsp3) is 0.467. The summed E-state index contributed by atoms with van der Waals surface area (Å²) in [7, 11) is 0. The first kappa shape index (κ1) is 16.5. The van der Waals surface area contributed by atoms with Gasteiger partial charge in [-0.05, 0) is 56.1 Å². The van der Waals surface area contributed by atoms with Crippen LogP contribution in [0.15, 0.2) is 18.2 Å². The van der Waals surface area contributed by atoms with Crippen molar-refractivity contribution >= 4 is 46.4 Å². The number of benzene rings is 1. The summed E-state index contributed by atoms with van der Waals surface area (Å²) in [6.45, 7) is 3.04. The van der Waals surface area contributed by atoms with Gasteiger partial charge in [0, 0.05) is 17.6 Å². The molecule has 0 saturated carbocycles. The van der Waals surface area contributed by atoms with Gasteiger partial charge in [-0.15, -0.1) is 0 Å². The lowest BCUT2D eigenvalue weighted by atomic mass is 10.0. The average molecular weight is 345 g/mol. The van der Waals surface area contributed by atoms with Crippen molar-refractivity contribution < 1.29 is 4.79 Å². The minimum Gasteiger partial charge on any atom is -0.346 e. The Bertz CT molecular complexity index is 550. The van der Waals surface area contributed by atoms with Gasteiger partial charge in [-0.1, -0.05) is 30.1 Å². The predicted octanol–water partition coefficient (Wildman–Crippen LogP) is 4.27. The zero-order chi connectivity index (χ0) is 15.4. The van der Waals surface area contributed by atoms with Gasteiger partial charge in [0.25, 0.3) is 5.91 Å². The Morgan fingerprint density at radius 3 is 2.86 bits per heavy atom. The second-order valence-electron chi connectivity index (χ2n) is 5.13. The first-order valence-electron chi connectivity index (χ1n) is 7.10. The molecule has 0 unspecified atom stereocenters. The van der Waals surface area contributed by atoms with E-state index in [9.17, 15) is 4.79 Å². The third kappa shape index (κ3) is 4.09. The number of carbonyl (C=O) groups excluding carboxylic acids is 1. The van der Waals surface area contributed by atoms with Crippen LogP contribution in [0, 0.1) is 0 Å². The summed E-state index contributed by atoms with van der Waals surface area (Å²) in [5.41, 5.74) is 0.383. The Hall–Kier alpha value is -0.840. The number of carbonyl (C=O) groups is 1. The van der Waals surface area contributed by atoms with Crippen LogP contribution < -0.4 is 5.32 Å². The Morgan fingerprint density at radius 1 is 1.43 bits per heavy atom. The Morgan fingerprint density at radius 2 is 2.19 bits per heavy atom. The number of thiocarbonyl (C=S) groups is 1. The largest absolute Gasteiger partial charge is 0.346 e. The molecule has 21 heavy (non-hydrogen) atoms. The van der Waals surface area contributed by atoms with Crippen LogP contribution in [-0.2, 0) is 0 Å². The Labute approximate surface area is 140 Å². The average Bonchev–Trinajstić information content (AvgIpc) is 2.46. The molecule has 1 aromatic carbocycles. The molecular formula is C15H18Cl2N2OS. The van der Waals surface area contributed by atoms with Gasteiger partial charge in [0.15, 0.2) is 5.11 Å². The number of amides is 1. The lowest BCUT2D eigenvalue weighted by Gasteiger charge is -2.37. The quantitative estimate of drug-likeness (QED) is 0.813. The first-order valence-corrected chi connectivity index (χ1v) is 8.26. The maximum absolute atomic E-state index is 12.3. The minimum atomic E-state index is -0.290. The molecule has 1 aliphatic heterocycles. The van der Waals surface area contributed by atoms with Gasteiger partial charge >= 0.3 is 0 Å². The molecule has 2 rings (SSSR count). The summed E-state index contributed by atoms with van der Waals surface area (Å²) in [4.78, 5) is 14.4. The maximum atomic E-state index is 12.3. The van der Waals surface area contributed by atoms with Crippen molar-refractivity contribution in [3.05, 3.63) is 33.8 Å². The van der Waals surface area contributed by atoms with Crippen LogP contribution in [0.4, 0.5) is 0 Å². The SMILES string of the molecule is CC[C@H]1CCCCN1C(=S)NC(=O)c1ccc(Cl)cc1Cl. The van der Waals surface area contributed by atoms with E-state index in [0.29, 0.717) is 26.8 Å². The number of halogens is 2. The highest BCUT2D eigenvalue weighted by Crippen LogP contribution is 2.22. The molecule has 0 aliphatic carbocycles. The highest BCUT2D eigenvalue weighted by Gasteiger charge is 2.24. The van der Waals surface area contributed by atoms with Crippen LogP contribution in [0.1, 0.15) is 43.0 Å². The standard InChI is InChI=1S/C15H18Cl2N2OS/c1-2-11-5-3-4-8-19(11)15(21)18-14(20)12-7-6-10(16)9-13(12)17/h6-7,9,11H,2-5,8H2,1H3,(H,18,20,21)/t11-/m0/s1. The van der Waals surface area contributed by atoms with Gasteiger partial charge in [-0.3, -0.25) is 10.1 Å². The van der Waals surface area contributed by atoms with Crippen molar-refractivity contribution in [1.29, 1.82) is 0 Å². The molecule has 6 heteroatoms. The molecule has 1 atom stereocenters. The highest BCUT2D eigenvalue weighted by molar-refractivity contribution is 7.80. The van der Waals surface area contributed by atoms with E-state index < -0.39 is 0 Å². The molecule has 1 aliphatic rings. The summed E-state index contributed by atoms with van der Waals surface area (Å²) < 4.78 is 0. The van der Waals surface area contributed by atoms with E-state index in [1.54, 1.807) is 18.2 Å². The van der Waals surface area contributed by atoms with E-state index in [4.69, 9.17) is 35.4 Å². The number of hydrogen-bond acceptors (Lipinski definition) is 2. The second kappa shape index (κ2) is 7.43. The van der Waals surface area contributed by atoms with Crippen LogP contribution in [0.5, 0.6) is 0 Å². The summed E-state index contributed by atoms with van der Waals surface area (Å²) in [5.74, 6) is -0.290. The summed E-state index contributed by atoms with van der Waals surface area (Å²) >= 11 is 17.3. The zero-order valence-electron chi connectivity index (χ0n) is 11.9. The van der Waals surface area contributed by atoms with Gasteiger partial charge in [-0.25, -0.2) is 0 Å². The normalized spacial score (nSPS) is 18.4. The van der Waals surface area contributed by atoms with Crippen molar-refractivity contribution in [3.63, 3.8) is 0 Å². The molecule has 0 bridgehead atoms. The fourth-order valence-electron chi connectivity index (χ4n) is 2.60. The molecule has 1 aromatic rings. The number of rotatable bonds is 2. The smallest absolute Gasteiger partial charge is 0.258 e. The lowest BCUT2D eigenvalue weighted by molar-refractivity contribution is 0.0969. The van der Waals surface area contributed by atoms with E-state index in [2.05, 4.69) is 17.1 Å². The van der Waals surface area contributed by atoms with Crippen molar-refractivity contribution in [1.82, 2.24) is 10.2 Å². The summed E-state index contributed by atoms with van der Waals surface area (Å²) in [6.07, 6.45) is 4.47. The molecule has 3 nitrogen and oxygen atoms in total. The van der Waals surface area contributed by atoms with Gasteiger partial charge < -0.3 is 4.90 Å². The number of nitrogens with one attached hydrogen (secondary N) is 1. The Balaban J connectivity index is 2.06. The molecule has 1 saturated heterocycles. The van der Waals surface area contributed by atoms with Crippen LogP contribution in [0.2, 0.25) is 10.0 Å². The predicted molar refractivity (Wildman–Crippen MR) is 91.2 cm³/mol. The van der Waals surface area contributed by atoms with E-state index in [-0.39, 0.29) is 5.91 Å². The third-order valence-corrected chi connectivity index (χ3v) is 4.64. The van der Waals surface area contributed by atoms with E-state index in [1.807, 2.05) is 0 Å². The number of piperidine rings is 1. The first-order chi connectivity index (χ1) is 10.0. The zero-order valence-corrected chi connectivity index (χ0v) is 14.2. The van der Waals surface area contributed by atoms with Gasteiger partial charge in [0.2, 0.25) is 0 Å². The van der Waals surface area contributed by atoms with Crippen molar-refractivity contribution in [3.8, 4) is 0 Å². The van der Waals surface area contributed by atoms with Gasteiger partial charge in [-0.2, -0.15) is 0 Å².